The zero-order valence-electron chi connectivity index (χ0n) is 10.1. The molecule has 18 heavy (non-hydrogen) atoms. The Labute approximate surface area is 105 Å². The van der Waals surface area contributed by atoms with Crippen molar-refractivity contribution >= 4 is 5.95 Å². The van der Waals surface area contributed by atoms with E-state index in [1.54, 1.807) is 6.20 Å². The van der Waals surface area contributed by atoms with Crippen LogP contribution >= 0.6 is 0 Å². The molecule has 1 saturated carbocycles. The molecule has 2 aromatic rings. The first kappa shape index (κ1) is 10.1. The van der Waals surface area contributed by atoms with Gasteiger partial charge in [-0.1, -0.05) is 0 Å². The Morgan fingerprint density at radius 2 is 2.22 bits per heavy atom. The highest BCUT2D eigenvalue weighted by Crippen LogP contribution is 2.43. The minimum Gasteiger partial charge on any atom is -0.354 e. The second-order valence-corrected chi connectivity index (χ2v) is 5.07. The molecule has 0 spiro atoms. The summed E-state index contributed by atoms with van der Waals surface area (Å²) in [6, 6.07) is 4.46. The molecule has 0 bridgehead atoms. The van der Waals surface area contributed by atoms with Crippen molar-refractivity contribution in [2.45, 2.75) is 25.3 Å². The third-order valence-corrected chi connectivity index (χ3v) is 3.75. The zero-order valence-corrected chi connectivity index (χ0v) is 10.1. The summed E-state index contributed by atoms with van der Waals surface area (Å²) in [6.45, 7) is 1.01. The molecular formula is C13H15N5. The summed E-state index contributed by atoms with van der Waals surface area (Å²) >= 11 is 0. The SMILES string of the molecule is c1cncc(-c2nc3n(n2)C(C2CC2)CCN3)c1. The lowest BCUT2D eigenvalue weighted by Crippen LogP contribution is -2.25. The largest absolute Gasteiger partial charge is 0.354 e. The molecule has 1 aliphatic carbocycles. The number of rotatable bonds is 2. The quantitative estimate of drug-likeness (QED) is 0.874. The van der Waals surface area contributed by atoms with Gasteiger partial charge in [0.05, 0.1) is 6.04 Å². The summed E-state index contributed by atoms with van der Waals surface area (Å²) in [7, 11) is 0. The smallest absolute Gasteiger partial charge is 0.221 e. The Morgan fingerprint density at radius 3 is 3.00 bits per heavy atom. The van der Waals surface area contributed by atoms with Gasteiger partial charge in [-0.15, -0.1) is 5.10 Å². The molecule has 5 heteroatoms. The summed E-state index contributed by atoms with van der Waals surface area (Å²) in [4.78, 5) is 8.71. The summed E-state index contributed by atoms with van der Waals surface area (Å²) in [5, 5.41) is 8.00. The maximum Gasteiger partial charge on any atom is 0.221 e. The summed E-state index contributed by atoms with van der Waals surface area (Å²) < 4.78 is 2.09. The highest BCUT2D eigenvalue weighted by Gasteiger charge is 2.36. The van der Waals surface area contributed by atoms with Crippen LogP contribution in [0.25, 0.3) is 11.4 Å². The maximum absolute atomic E-state index is 4.67. The van der Waals surface area contributed by atoms with E-state index in [0.29, 0.717) is 6.04 Å². The van der Waals surface area contributed by atoms with Gasteiger partial charge in [-0.2, -0.15) is 4.98 Å². The molecule has 1 atom stereocenters. The van der Waals surface area contributed by atoms with Crippen LogP contribution in [0.4, 0.5) is 5.95 Å². The van der Waals surface area contributed by atoms with Crippen molar-refractivity contribution in [2.75, 3.05) is 11.9 Å². The number of nitrogens with one attached hydrogen (secondary N) is 1. The Hall–Kier alpha value is -1.91. The van der Waals surface area contributed by atoms with E-state index >= 15 is 0 Å². The molecule has 2 aromatic heterocycles. The van der Waals surface area contributed by atoms with Gasteiger partial charge >= 0.3 is 0 Å². The molecule has 0 amide bonds. The number of pyridine rings is 1. The molecule has 1 fully saturated rings. The third-order valence-electron chi connectivity index (χ3n) is 3.75. The zero-order chi connectivity index (χ0) is 11.9. The van der Waals surface area contributed by atoms with E-state index in [-0.39, 0.29) is 0 Å². The highest BCUT2D eigenvalue weighted by atomic mass is 15.4. The standard InChI is InChI=1S/C13H15N5/c1-2-10(8-14-6-1)12-16-13-15-7-5-11(9-3-4-9)18(13)17-12/h1-2,6,8-9,11H,3-5,7H2,(H,15,16,17). The second-order valence-electron chi connectivity index (χ2n) is 5.07. The van der Waals surface area contributed by atoms with Crippen LogP contribution in [-0.2, 0) is 0 Å². The van der Waals surface area contributed by atoms with Crippen molar-refractivity contribution in [2.24, 2.45) is 5.92 Å². The van der Waals surface area contributed by atoms with Crippen molar-refractivity contribution in [3.05, 3.63) is 24.5 Å². The van der Waals surface area contributed by atoms with E-state index in [9.17, 15) is 0 Å². The van der Waals surface area contributed by atoms with Crippen molar-refractivity contribution in [1.29, 1.82) is 0 Å². The molecule has 0 aromatic carbocycles. The lowest BCUT2D eigenvalue weighted by atomic mass is 10.1. The van der Waals surface area contributed by atoms with Gasteiger partial charge in [-0.3, -0.25) is 4.98 Å². The van der Waals surface area contributed by atoms with Crippen LogP contribution in [0, 0.1) is 5.92 Å². The second kappa shape index (κ2) is 3.80. The Bertz CT molecular complexity index is 558. The van der Waals surface area contributed by atoms with Crippen LogP contribution in [0.3, 0.4) is 0 Å². The van der Waals surface area contributed by atoms with Gasteiger partial charge in [0, 0.05) is 24.5 Å². The van der Waals surface area contributed by atoms with Crippen LogP contribution in [0.2, 0.25) is 0 Å². The molecule has 3 heterocycles. The number of anilines is 1. The van der Waals surface area contributed by atoms with Crippen molar-refractivity contribution < 1.29 is 0 Å². The fourth-order valence-corrected chi connectivity index (χ4v) is 2.66. The normalized spacial score (nSPS) is 22.3. The molecule has 0 saturated heterocycles. The molecule has 2 aliphatic rings. The number of hydrogen-bond acceptors (Lipinski definition) is 4. The number of nitrogens with zero attached hydrogens (tertiary/aromatic N) is 4. The Balaban J connectivity index is 1.75. The summed E-state index contributed by atoms with van der Waals surface area (Å²) in [5.41, 5.74) is 0.982. The molecule has 1 unspecified atom stereocenters. The lowest BCUT2D eigenvalue weighted by Gasteiger charge is -2.23. The van der Waals surface area contributed by atoms with E-state index in [1.165, 1.54) is 12.8 Å². The van der Waals surface area contributed by atoms with E-state index in [1.807, 2.05) is 18.3 Å². The molecule has 1 aliphatic heterocycles. The van der Waals surface area contributed by atoms with Crippen LogP contribution < -0.4 is 5.32 Å². The van der Waals surface area contributed by atoms with E-state index in [2.05, 4.69) is 25.1 Å². The molecule has 0 radical (unpaired) electrons. The maximum atomic E-state index is 4.67. The van der Waals surface area contributed by atoms with Crippen molar-refractivity contribution in [1.82, 2.24) is 19.7 Å². The van der Waals surface area contributed by atoms with Gasteiger partial charge in [-0.25, -0.2) is 4.68 Å². The molecule has 5 nitrogen and oxygen atoms in total. The van der Waals surface area contributed by atoms with Gasteiger partial charge in [0.25, 0.3) is 0 Å². The van der Waals surface area contributed by atoms with Gasteiger partial charge in [0.15, 0.2) is 5.82 Å². The van der Waals surface area contributed by atoms with E-state index in [0.717, 1.165) is 36.2 Å². The monoisotopic (exact) mass is 241 g/mol. The van der Waals surface area contributed by atoms with Crippen LogP contribution in [-0.4, -0.2) is 26.3 Å². The van der Waals surface area contributed by atoms with Gasteiger partial charge < -0.3 is 5.32 Å². The van der Waals surface area contributed by atoms with Gasteiger partial charge in [-0.05, 0) is 37.3 Å². The molecule has 1 N–H and O–H groups in total. The fraction of sp³-hybridized carbons (Fsp3) is 0.462. The fourth-order valence-electron chi connectivity index (χ4n) is 2.66. The Morgan fingerprint density at radius 1 is 1.28 bits per heavy atom. The van der Waals surface area contributed by atoms with Gasteiger partial charge in [0.2, 0.25) is 5.95 Å². The van der Waals surface area contributed by atoms with Crippen LogP contribution in [0.15, 0.2) is 24.5 Å². The first-order chi connectivity index (χ1) is 8.92. The van der Waals surface area contributed by atoms with Crippen molar-refractivity contribution in [3.63, 3.8) is 0 Å². The minimum absolute atomic E-state index is 0.541. The van der Waals surface area contributed by atoms with Crippen LogP contribution in [0.5, 0.6) is 0 Å². The average Bonchev–Trinajstić information content (AvgIpc) is 3.17. The predicted octanol–water partition coefficient (Wildman–Crippen LogP) is 2.11. The molecule has 92 valence electrons. The molecular weight excluding hydrogens is 226 g/mol. The third kappa shape index (κ3) is 1.58. The highest BCUT2D eigenvalue weighted by molar-refractivity contribution is 5.55. The van der Waals surface area contributed by atoms with E-state index < -0.39 is 0 Å². The Kier molecular flexibility index (Phi) is 2.12. The lowest BCUT2D eigenvalue weighted by molar-refractivity contribution is 0.375. The molecule has 4 rings (SSSR count). The minimum atomic E-state index is 0.541. The first-order valence-corrected chi connectivity index (χ1v) is 6.52. The first-order valence-electron chi connectivity index (χ1n) is 6.52. The van der Waals surface area contributed by atoms with Gasteiger partial charge in [0.1, 0.15) is 0 Å². The van der Waals surface area contributed by atoms with Crippen LogP contribution in [0.1, 0.15) is 25.3 Å². The summed E-state index contributed by atoms with van der Waals surface area (Å²) in [5.74, 6) is 2.50. The average molecular weight is 241 g/mol. The topological polar surface area (TPSA) is 55.6 Å². The number of hydrogen-bond donors (Lipinski definition) is 1. The van der Waals surface area contributed by atoms with E-state index in [4.69, 9.17) is 0 Å². The predicted molar refractivity (Wildman–Crippen MR) is 68.1 cm³/mol. The van der Waals surface area contributed by atoms with Crippen molar-refractivity contribution in [3.8, 4) is 11.4 Å². The number of fused-ring (bicyclic) bond motifs is 1. The summed E-state index contributed by atoms with van der Waals surface area (Å²) in [6.07, 6.45) is 7.42. The number of aromatic nitrogens is 4.